The first-order chi connectivity index (χ1) is 13.6. The third-order valence-electron chi connectivity index (χ3n) is 5.27. The maximum absolute atomic E-state index is 13.3. The number of hydrogen-bond acceptors (Lipinski definition) is 3. The molecule has 0 spiro atoms. The van der Waals surface area contributed by atoms with Crippen LogP contribution in [0.4, 0.5) is 10.1 Å². The summed E-state index contributed by atoms with van der Waals surface area (Å²) in [7, 11) is -3.59. The lowest BCUT2D eigenvalue weighted by Gasteiger charge is -2.30. The molecule has 1 amide bonds. The van der Waals surface area contributed by atoms with Gasteiger partial charge in [-0.05, 0) is 54.2 Å². The summed E-state index contributed by atoms with van der Waals surface area (Å²) in [5.74, 6) is -0.920. The first-order valence-corrected chi connectivity index (χ1v) is 11.2. The van der Waals surface area contributed by atoms with Gasteiger partial charge in [-0.2, -0.15) is 4.31 Å². The number of anilines is 1. The average Bonchev–Trinajstić information content (AvgIpc) is 2.67. The Morgan fingerprint density at radius 1 is 1.07 bits per heavy atom. The number of amides is 1. The molecule has 0 atom stereocenters. The molecule has 156 valence electrons. The number of benzene rings is 2. The number of halogens is 1. The lowest BCUT2D eigenvalue weighted by molar-refractivity contribution is -0.120. The number of rotatable bonds is 4. The molecule has 2 aromatic rings. The van der Waals surface area contributed by atoms with Crippen molar-refractivity contribution in [2.24, 2.45) is 5.92 Å². The summed E-state index contributed by atoms with van der Waals surface area (Å²) in [6, 6.07) is 12.7. The van der Waals surface area contributed by atoms with E-state index in [4.69, 9.17) is 0 Å². The number of piperidine rings is 1. The number of carbonyl (C=O) groups excluding carboxylic acids is 1. The normalized spacial score (nSPS) is 16.6. The zero-order valence-corrected chi connectivity index (χ0v) is 17.8. The second-order valence-electron chi connectivity index (χ2n) is 8.45. The zero-order valence-electron chi connectivity index (χ0n) is 17.0. The van der Waals surface area contributed by atoms with Gasteiger partial charge < -0.3 is 5.32 Å². The van der Waals surface area contributed by atoms with E-state index in [1.165, 1.54) is 22.5 Å². The summed E-state index contributed by atoms with van der Waals surface area (Å²) in [5.41, 5.74) is 1.43. The van der Waals surface area contributed by atoms with Crippen LogP contribution < -0.4 is 5.32 Å². The van der Waals surface area contributed by atoms with Gasteiger partial charge in [0.2, 0.25) is 15.9 Å². The second kappa shape index (κ2) is 8.24. The van der Waals surface area contributed by atoms with Crippen molar-refractivity contribution < 1.29 is 17.6 Å². The van der Waals surface area contributed by atoms with Crippen molar-refractivity contribution in [3.8, 4) is 0 Å². The van der Waals surface area contributed by atoms with Crippen LogP contribution in [0.5, 0.6) is 0 Å². The van der Waals surface area contributed by atoms with Gasteiger partial charge in [-0.25, -0.2) is 12.8 Å². The largest absolute Gasteiger partial charge is 0.326 e. The summed E-state index contributed by atoms with van der Waals surface area (Å²) >= 11 is 0. The maximum atomic E-state index is 13.3. The number of carbonyl (C=O) groups is 1. The van der Waals surface area contributed by atoms with Gasteiger partial charge in [-0.3, -0.25) is 4.79 Å². The fourth-order valence-corrected chi connectivity index (χ4v) is 4.91. The third-order valence-corrected chi connectivity index (χ3v) is 7.19. The maximum Gasteiger partial charge on any atom is 0.243 e. The minimum absolute atomic E-state index is 0.0460. The highest BCUT2D eigenvalue weighted by Gasteiger charge is 2.32. The number of hydrogen-bond donors (Lipinski definition) is 1. The summed E-state index contributed by atoms with van der Waals surface area (Å²) in [5, 5.41) is 2.71. The van der Waals surface area contributed by atoms with E-state index in [1.807, 2.05) is 12.1 Å². The summed E-state index contributed by atoms with van der Waals surface area (Å²) in [4.78, 5) is 12.7. The van der Waals surface area contributed by atoms with E-state index in [1.54, 1.807) is 18.2 Å². The Balaban J connectivity index is 1.62. The molecule has 1 N–H and O–H groups in total. The molecule has 29 heavy (non-hydrogen) atoms. The fourth-order valence-electron chi connectivity index (χ4n) is 3.44. The third kappa shape index (κ3) is 5.03. The molecule has 1 aliphatic rings. The van der Waals surface area contributed by atoms with E-state index in [9.17, 15) is 17.6 Å². The summed E-state index contributed by atoms with van der Waals surface area (Å²) in [6.07, 6.45) is 0.862. The molecule has 1 saturated heterocycles. The number of nitrogens with zero attached hydrogens (tertiary/aromatic N) is 1. The van der Waals surface area contributed by atoms with Crippen molar-refractivity contribution in [1.82, 2.24) is 4.31 Å². The highest BCUT2D eigenvalue weighted by atomic mass is 32.2. The van der Waals surface area contributed by atoms with Crippen LogP contribution in [0, 0.1) is 11.7 Å². The van der Waals surface area contributed by atoms with Gasteiger partial charge in [0.05, 0.1) is 4.90 Å². The molecular formula is C22H27FN2O3S. The van der Waals surface area contributed by atoms with Gasteiger partial charge in [0, 0.05) is 24.7 Å². The van der Waals surface area contributed by atoms with Gasteiger partial charge in [0.1, 0.15) is 5.82 Å². The van der Waals surface area contributed by atoms with Crippen LogP contribution in [0.3, 0.4) is 0 Å². The van der Waals surface area contributed by atoms with Crippen LogP contribution in [0.15, 0.2) is 53.4 Å². The topological polar surface area (TPSA) is 66.5 Å². The molecule has 0 aromatic heterocycles. The molecule has 2 aromatic carbocycles. The smallest absolute Gasteiger partial charge is 0.243 e. The number of sulfonamides is 1. The van der Waals surface area contributed by atoms with Gasteiger partial charge in [-0.1, -0.05) is 39.0 Å². The van der Waals surface area contributed by atoms with Crippen LogP contribution in [0.25, 0.3) is 0 Å². The van der Waals surface area contributed by atoms with Gasteiger partial charge in [-0.15, -0.1) is 0 Å². The molecule has 0 unspecified atom stereocenters. The van der Waals surface area contributed by atoms with E-state index in [2.05, 4.69) is 26.1 Å². The standard InChI is InChI=1S/C22H27FN2O3S/c1-22(2,3)17-7-9-20(10-8-17)29(27,28)25-13-11-16(12-14-25)21(26)24-19-6-4-5-18(23)15-19/h4-10,15-16H,11-14H2,1-3H3,(H,24,26). The molecule has 1 aliphatic heterocycles. The Kier molecular flexibility index (Phi) is 6.10. The molecule has 7 heteroatoms. The molecule has 0 radical (unpaired) electrons. The molecule has 0 bridgehead atoms. The van der Waals surface area contributed by atoms with Crippen molar-refractivity contribution in [3.63, 3.8) is 0 Å². The van der Waals surface area contributed by atoms with Crippen LogP contribution in [0.1, 0.15) is 39.2 Å². The summed E-state index contributed by atoms with van der Waals surface area (Å²) in [6.45, 7) is 6.80. The Morgan fingerprint density at radius 2 is 1.69 bits per heavy atom. The molecule has 3 rings (SSSR count). The quantitative estimate of drug-likeness (QED) is 0.811. The van der Waals surface area contributed by atoms with Crippen molar-refractivity contribution >= 4 is 21.6 Å². The van der Waals surface area contributed by atoms with Crippen LogP contribution in [0.2, 0.25) is 0 Å². The van der Waals surface area contributed by atoms with E-state index >= 15 is 0 Å². The predicted molar refractivity (Wildman–Crippen MR) is 112 cm³/mol. The minimum Gasteiger partial charge on any atom is -0.326 e. The van der Waals surface area contributed by atoms with E-state index in [0.29, 0.717) is 18.5 Å². The fraction of sp³-hybridized carbons (Fsp3) is 0.409. The Morgan fingerprint density at radius 3 is 2.24 bits per heavy atom. The molecule has 1 fully saturated rings. The first kappa shape index (κ1) is 21.5. The highest BCUT2D eigenvalue weighted by Crippen LogP contribution is 2.27. The van der Waals surface area contributed by atoms with Crippen LogP contribution in [-0.4, -0.2) is 31.7 Å². The van der Waals surface area contributed by atoms with Crippen molar-refractivity contribution in [3.05, 3.63) is 59.9 Å². The zero-order chi connectivity index (χ0) is 21.2. The molecule has 0 saturated carbocycles. The Labute approximate surface area is 172 Å². The van der Waals surface area contributed by atoms with Gasteiger partial charge >= 0.3 is 0 Å². The highest BCUT2D eigenvalue weighted by molar-refractivity contribution is 7.89. The van der Waals surface area contributed by atoms with Crippen LogP contribution >= 0.6 is 0 Å². The first-order valence-electron chi connectivity index (χ1n) is 9.74. The monoisotopic (exact) mass is 418 g/mol. The SMILES string of the molecule is CC(C)(C)c1ccc(S(=O)(=O)N2CCC(C(=O)Nc3cccc(F)c3)CC2)cc1. The van der Waals surface area contributed by atoms with E-state index in [-0.39, 0.29) is 35.2 Å². The molecule has 5 nitrogen and oxygen atoms in total. The lowest BCUT2D eigenvalue weighted by Crippen LogP contribution is -2.41. The Hall–Kier alpha value is -2.25. The van der Waals surface area contributed by atoms with Gasteiger partial charge in [0.15, 0.2) is 0 Å². The van der Waals surface area contributed by atoms with Crippen molar-refractivity contribution in [1.29, 1.82) is 0 Å². The van der Waals surface area contributed by atoms with Crippen molar-refractivity contribution in [2.45, 2.75) is 43.9 Å². The second-order valence-corrected chi connectivity index (χ2v) is 10.4. The number of nitrogens with one attached hydrogen (secondary N) is 1. The predicted octanol–water partition coefficient (Wildman–Crippen LogP) is 4.16. The minimum atomic E-state index is -3.59. The lowest BCUT2D eigenvalue weighted by atomic mass is 9.87. The van der Waals surface area contributed by atoms with Crippen LogP contribution in [-0.2, 0) is 20.2 Å². The summed E-state index contributed by atoms with van der Waals surface area (Å²) < 4.78 is 40.6. The van der Waals surface area contributed by atoms with E-state index < -0.39 is 15.8 Å². The average molecular weight is 419 g/mol. The molecule has 0 aliphatic carbocycles. The molecule has 1 heterocycles. The molecular weight excluding hydrogens is 391 g/mol. The Bertz CT molecular complexity index is 974. The van der Waals surface area contributed by atoms with Crippen molar-refractivity contribution in [2.75, 3.05) is 18.4 Å². The van der Waals surface area contributed by atoms with E-state index in [0.717, 1.165) is 5.56 Å². The van der Waals surface area contributed by atoms with Gasteiger partial charge in [0.25, 0.3) is 0 Å².